The van der Waals surface area contributed by atoms with Crippen LogP contribution in [0, 0.1) is 11.6 Å². The van der Waals surface area contributed by atoms with E-state index in [4.69, 9.17) is 4.74 Å². The van der Waals surface area contributed by atoms with Crippen molar-refractivity contribution in [1.82, 2.24) is 0 Å². The third-order valence-electron chi connectivity index (χ3n) is 1.79. The van der Waals surface area contributed by atoms with Crippen molar-refractivity contribution in [3.63, 3.8) is 0 Å². The Labute approximate surface area is 97.7 Å². The van der Waals surface area contributed by atoms with Gasteiger partial charge in [0, 0.05) is 0 Å². The lowest BCUT2D eigenvalue weighted by Crippen LogP contribution is -2.04. The van der Waals surface area contributed by atoms with E-state index in [9.17, 15) is 13.6 Å². The summed E-state index contributed by atoms with van der Waals surface area (Å²) in [5.74, 6) is -2.78. The van der Waals surface area contributed by atoms with Gasteiger partial charge in [-0.1, -0.05) is 6.07 Å². The topological polar surface area (TPSA) is 35.5 Å². The smallest absolute Gasteiger partial charge is 0.334 e. The average molecular weight is 242 g/mol. The van der Waals surface area contributed by atoms with Crippen LogP contribution in [0.5, 0.6) is 5.75 Å². The zero-order chi connectivity index (χ0) is 12.8. The van der Waals surface area contributed by atoms with E-state index >= 15 is 0 Å². The molecule has 0 amide bonds. The summed E-state index contributed by atoms with van der Waals surface area (Å²) in [5, 5.41) is 0. The summed E-state index contributed by atoms with van der Waals surface area (Å²) in [6.45, 7) is 3.28. The number of rotatable bonds is 4. The molecule has 5 heteroatoms. The Bertz CT molecular complexity index is 421. The maximum atomic E-state index is 13.2. The molecule has 0 aliphatic carbocycles. The highest BCUT2D eigenvalue weighted by molar-refractivity contribution is 5.82. The van der Waals surface area contributed by atoms with Gasteiger partial charge in [0.1, 0.15) is 5.76 Å². The third-order valence-corrected chi connectivity index (χ3v) is 1.79. The van der Waals surface area contributed by atoms with Crippen molar-refractivity contribution < 1.29 is 23.0 Å². The summed E-state index contributed by atoms with van der Waals surface area (Å²) >= 11 is 0. The van der Waals surface area contributed by atoms with Crippen LogP contribution in [0.2, 0.25) is 0 Å². The first kappa shape index (κ1) is 13.2. The van der Waals surface area contributed by atoms with Crippen molar-refractivity contribution in [3.8, 4) is 5.75 Å². The Morgan fingerprint density at radius 2 is 1.94 bits per heavy atom. The summed E-state index contributed by atoms with van der Waals surface area (Å²) in [4.78, 5) is 11.0. The van der Waals surface area contributed by atoms with E-state index in [1.54, 1.807) is 6.92 Å². The highest BCUT2D eigenvalue weighted by Gasteiger charge is 2.11. The predicted octanol–water partition coefficient (Wildman–Crippen LogP) is 2.81. The number of ether oxygens (including phenoxy) is 2. The van der Waals surface area contributed by atoms with Crippen LogP contribution in [0.15, 0.2) is 30.0 Å². The van der Waals surface area contributed by atoms with Crippen molar-refractivity contribution in [2.45, 2.75) is 13.8 Å². The molecule has 0 heterocycles. The van der Waals surface area contributed by atoms with Crippen LogP contribution in [0.4, 0.5) is 8.78 Å². The maximum Gasteiger partial charge on any atom is 0.334 e. The first-order valence-electron chi connectivity index (χ1n) is 5.01. The van der Waals surface area contributed by atoms with Gasteiger partial charge in [-0.2, -0.15) is 0 Å². The first-order chi connectivity index (χ1) is 8.04. The van der Waals surface area contributed by atoms with Gasteiger partial charge in [-0.15, -0.1) is 0 Å². The van der Waals surface area contributed by atoms with Gasteiger partial charge in [0.05, 0.1) is 12.7 Å². The van der Waals surface area contributed by atoms with Crippen molar-refractivity contribution >= 4 is 5.97 Å². The van der Waals surface area contributed by atoms with Crippen molar-refractivity contribution in [2.75, 3.05) is 6.61 Å². The molecule has 0 aromatic heterocycles. The second-order valence-corrected chi connectivity index (χ2v) is 3.16. The number of esters is 1. The number of allylic oxidation sites excluding steroid dienone is 1. The molecule has 1 aromatic carbocycles. The fraction of sp³-hybridized carbons (Fsp3) is 0.250. The molecular formula is C12H12F2O3. The summed E-state index contributed by atoms with van der Waals surface area (Å²) in [6.07, 6.45) is 1.02. The molecule has 1 rings (SSSR count). The minimum absolute atomic E-state index is 0.0486. The molecule has 0 saturated carbocycles. The molecule has 0 fully saturated rings. The van der Waals surface area contributed by atoms with E-state index in [2.05, 4.69) is 4.74 Å². The molecule has 1 aromatic rings. The van der Waals surface area contributed by atoms with Crippen LogP contribution in [-0.2, 0) is 9.53 Å². The summed E-state index contributed by atoms with van der Waals surface area (Å²) in [7, 11) is 0. The molecule has 0 unspecified atom stereocenters. The van der Waals surface area contributed by atoms with Gasteiger partial charge >= 0.3 is 5.97 Å². The van der Waals surface area contributed by atoms with Gasteiger partial charge in [0.2, 0.25) is 0 Å². The molecule has 0 aliphatic heterocycles. The quantitative estimate of drug-likeness (QED) is 0.462. The van der Waals surface area contributed by atoms with E-state index < -0.39 is 23.4 Å². The molecule has 0 radical (unpaired) electrons. The van der Waals surface area contributed by atoms with Gasteiger partial charge in [0.15, 0.2) is 17.4 Å². The van der Waals surface area contributed by atoms with Gasteiger partial charge in [-0.3, -0.25) is 0 Å². The van der Waals surface area contributed by atoms with E-state index in [0.717, 1.165) is 18.2 Å². The maximum absolute atomic E-state index is 13.2. The zero-order valence-corrected chi connectivity index (χ0v) is 9.50. The van der Waals surface area contributed by atoms with Crippen LogP contribution in [0.1, 0.15) is 13.8 Å². The Morgan fingerprint density at radius 3 is 2.47 bits per heavy atom. The second kappa shape index (κ2) is 5.98. The van der Waals surface area contributed by atoms with E-state index in [1.165, 1.54) is 13.0 Å². The Hall–Kier alpha value is -1.91. The average Bonchev–Trinajstić information content (AvgIpc) is 2.24. The summed E-state index contributed by atoms with van der Waals surface area (Å²) < 4.78 is 35.9. The van der Waals surface area contributed by atoms with E-state index in [0.29, 0.717) is 0 Å². The third kappa shape index (κ3) is 3.86. The minimum Gasteiger partial charge on any atom is -0.463 e. The number of halogens is 2. The molecule has 92 valence electrons. The molecule has 17 heavy (non-hydrogen) atoms. The zero-order valence-electron chi connectivity index (χ0n) is 9.50. The SMILES string of the molecule is CCOC(=O)/C=C(/C)Oc1c(F)cccc1F. The van der Waals surface area contributed by atoms with Gasteiger partial charge in [-0.05, 0) is 26.0 Å². The van der Waals surface area contributed by atoms with Crippen molar-refractivity contribution in [3.05, 3.63) is 41.7 Å². The monoisotopic (exact) mass is 242 g/mol. The normalized spacial score (nSPS) is 11.2. The second-order valence-electron chi connectivity index (χ2n) is 3.16. The van der Waals surface area contributed by atoms with Crippen LogP contribution in [0.25, 0.3) is 0 Å². The van der Waals surface area contributed by atoms with Crippen LogP contribution >= 0.6 is 0 Å². The number of hydrogen-bond donors (Lipinski definition) is 0. The molecule has 0 aliphatic rings. The first-order valence-corrected chi connectivity index (χ1v) is 5.01. The van der Waals surface area contributed by atoms with Crippen LogP contribution in [0.3, 0.4) is 0 Å². The molecule has 0 atom stereocenters. The standard InChI is InChI=1S/C12H12F2O3/c1-3-16-11(15)7-8(2)17-12-9(13)5-4-6-10(12)14/h4-7H,3H2,1-2H3/b8-7-. The molecule has 0 N–H and O–H groups in total. The Balaban J connectivity index is 2.81. The van der Waals surface area contributed by atoms with Crippen LogP contribution < -0.4 is 4.74 Å². The van der Waals surface area contributed by atoms with Gasteiger partial charge < -0.3 is 9.47 Å². The number of carbonyl (C=O) groups is 1. The lowest BCUT2D eigenvalue weighted by atomic mass is 10.3. The lowest BCUT2D eigenvalue weighted by molar-refractivity contribution is -0.137. The number of para-hydroxylation sites is 1. The summed E-state index contributed by atoms with van der Waals surface area (Å²) in [5.41, 5.74) is 0. The minimum atomic E-state index is -0.832. The summed E-state index contributed by atoms with van der Waals surface area (Å²) in [6, 6.07) is 3.36. The highest BCUT2D eigenvalue weighted by Crippen LogP contribution is 2.22. The van der Waals surface area contributed by atoms with Crippen LogP contribution in [-0.4, -0.2) is 12.6 Å². The van der Waals surface area contributed by atoms with E-state index in [-0.39, 0.29) is 12.4 Å². The Kier molecular flexibility index (Phi) is 4.63. The molecule has 0 bridgehead atoms. The molecule has 3 nitrogen and oxygen atoms in total. The number of hydrogen-bond acceptors (Lipinski definition) is 3. The molecule has 0 saturated heterocycles. The van der Waals surface area contributed by atoms with Gasteiger partial charge in [0.25, 0.3) is 0 Å². The van der Waals surface area contributed by atoms with Crippen molar-refractivity contribution in [1.29, 1.82) is 0 Å². The number of benzene rings is 1. The molecule has 0 spiro atoms. The van der Waals surface area contributed by atoms with Gasteiger partial charge in [-0.25, -0.2) is 13.6 Å². The molecular weight excluding hydrogens is 230 g/mol. The van der Waals surface area contributed by atoms with Crippen molar-refractivity contribution in [2.24, 2.45) is 0 Å². The highest BCUT2D eigenvalue weighted by atomic mass is 19.1. The number of carbonyl (C=O) groups excluding carboxylic acids is 1. The predicted molar refractivity (Wildman–Crippen MR) is 57.4 cm³/mol. The fourth-order valence-corrected chi connectivity index (χ4v) is 1.12. The van der Waals surface area contributed by atoms with E-state index in [1.807, 2.05) is 0 Å². The Morgan fingerprint density at radius 1 is 1.35 bits per heavy atom. The fourth-order valence-electron chi connectivity index (χ4n) is 1.12. The lowest BCUT2D eigenvalue weighted by Gasteiger charge is -2.07. The largest absolute Gasteiger partial charge is 0.463 e.